The molecule has 0 amide bonds. The zero-order chi connectivity index (χ0) is 12.7. The van der Waals surface area contributed by atoms with Gasteiger partial charge in [-0.1, -0.05) is 12.8 Å². The molecule has 0 fully saturated rings. The van der Waals surface area contributed by atoms with Gasteiger partial charge in [-0.3, -0.25) is 0 Å². The molecule has 2 N–H and O–H groups in total. The van der Waals surface area contributed by atoms with E-state index in [1.165, 1.54) is 19.1 Å². The highest BCUT2D eigenvalue weighted by atomic mass is 19.1. The third-order valence-electron chi connectivity index (χ3n) is 2.65. The van der Waals surface area contributed by atoms with E-state index in [0.717, 1.165) is 25.7 Å². The zero-order valence-electron chi connectivity index (χ0n) is 10.1. The van der Waals surface area contributed by atoms with Crippen LogP contribution >= 0.6 is 0 Å². The van der Waals surface area contributed by atoms with Crippen molar-refractivity contribution in [1.29, 1.82) is 0 Å². The van der Waals surface area contributed by atoms with Gasteiger partial charge in [0, 0.05) is 19.2 Å². The first-order valence-corrected chi connectivity index (χ1v) is 5.95. The van der Waals surface area contributed by atoms with Crippen LogP contribution in [-0.4, -0.2) is 18.3 Å². The molecular weight excluding hydrogens is 224 g/mol. The normalized spacial score (nSPS) is 10.6. The van der Waals surface area contributed by atoms with Crippen molar-refractivity contribution < 1.29 is 13.9 Å². The minimum absolute atomic E-state index is 0.214. The van der Waals surface area contributed by atoms with Gasteiger partial charge in [0.1, 0.15) is 11.6 Å². The Balaban J connectivity index is 2.34. The van der Waals surface area contributed by atoms with Gasteiger partial charge in [0.15, 0.2) is 0 Å². The number of benzene rings is 1. The maximum atomic E-state index is 13.4. The summed E-state index contributed by atoms with van der Waals surface area (Å²) in [7, 11) is 0. The molecule has 0 aliphatic rings. The highest BCUT2D eigenvalue weighted by molar-refractivity contribution is 5.46. The van der Waals surface area contributed by atoms with E-state index in [2.05, 4.69) is 5.32 Å². The lowest BCUT2D eigenvalue weighted by Crippen LogP contribution is -2.04. The van der Waals surface area contributed by atoms with Crippen LogP contribution in [0.3, 0.4) is 0 Å². The van der Waals surface area contributed by atoms with Crippen molar-refractivity contribution in [2.45, 2.75) is 32.6 Å². The second-order valence-electron chi connectivity index (χ2n) is 4.15. The Morgan fingerprint density at radius 3 is 2.47 bits per heavy atom. The number of hydrogen-bond donors (Lipinski definition) is 2. The van der Waals surface area contributed by atoms with Crippen molar-refractivity contribution in [3.63, 3.8) is 0 Å². The van der Waals surface area contributed by atoms with E-state index in [4.69, 9.17) is 5.11 Å². The molecule has 0 bridgehead atoms. The fourth-order valence-electron chi connectivity index (χ4n) is 1.60. The first kappa shape index (κ1) is 13.9. The first-order chi connectivity index (χ1) is 8.15. The second kappa shape index (κ2) is 7.22. The first-order valence-electron chi connectivity index (χ1n) is 5.95. The molecule has 4 heteroatoms. The number of halogens is 2. The Labute approximate surface area is 101 Å². The van der Waals surface area contributed by atoms with Crippen molar-refractivity contribution in [3.05, 3.63) is 29.3 Å². The minimum atomic E-state index is -0.417. The molecule has 0 spiro atoms. The van der Waals surface area contributed by atoms with Crippen molar-refractivity contribution in [2.24, 2.45) is 0 Å². The fraction of sp³-hybridized carbons (Fsp3) is 0.538. The molecule has 1 aromatic carbocycles. The van der Waals surface area contributed by atoms with Crippen LogP contribution in [0.15, 0.2) is 12.1 Å². The van der Waals surface area contributed by atoms with Gasteiger partial charge in [-0.2, -0.15) is 0 Å². The summed E-state index contributed by atoms with van der Waals surface area (Å²) in [6, 6.07) is 2.39. The van der Waals surface area contributed by atoms with Crippen LogP contribution in [0, 0.1) is 18.6 Å². The highest BCUT2D eigenvalue weighted by Gasteiger charge is 2.06. The molecular formula is C13H19F2NO. The minimum Gasteiger partial charge on any atom is -0.396 e. The Morgan fingerprint density at radius 2 is 1.76 bits per heavy atom. The van der Waals surface area contributed by atoms with Gasteiger partial charge in [0.25, 0.3) is 0 Å². The molecule has 96 valence electrons. The molecule has 0 aliphatic carbocycles. The van der Waals surface area contributed by atoms with Gasteiger partial charge in [-0.15, -0.1) is 0 Å². The number of aliphatic hydroxyl groups excluding tert-OH is 1. The molecule has 2 nitrogen and oxygen atoms in total. The average Bonchev–Trinajstić information content (AvgIpc) is 2.30. The predicted octanol–water partition coefficient (Wildman–Crippen LogP) is 3.24. The number of hydrogen-bond acceptors (Lipinski definition) is 2. The number of nitrogens with one attached hydrogen (secondary N) is 1. The number of anilines is 1. The Bertz CT molecular complexity index is 356. The quantitative estimate of drug-likeness (QED) is 0.720. The van der Waals surface area contributed by atoms with Crippen molar-refractivity contribution in [3.8, 4) is 0 Å². The van der Waals surface area contributed by atoms with Crippen LogP contribution in [0.25, 0.3) is 0 Å². The summed E-state index contributed by atoms with van der Waals surface area (Å²) < 4.78 is 26.6. The zero-order valence-corrected chi connectivity index (χ0v) is 10.1. The Kier molecular flexibility index (Phi) is 5.91. The highest BCUT2D eigenvalue weighted by Crippen LogP contribution is 2.18. The fourth-order valence-corrected chi connectivity index (χ4v) is 1.60. The molecule has 0 aliphatic heterocycles. The molecule has 17 heavy (non-hydrogen) atoms. The van der Waals surface area contributed by atoms with E-state index in [0.29, 0.717) is 12.1 Å². The van der Waals surface area contributed by atoms with E-state index < -0.39 is 11.6 Å². The van der Waals surface area contributed by atoms with Gasteiger partial charge in [0.2, 0.25) is 0 Å². The SMILES string of the molecule is Cc1cc(F)c(NCCCCCCO)cc1F. The third kappa shape index (κ3) is 4.69. The lowest BCUT2D eigenvalue weighted by Gasteiger charge is -2.08. The standard InChI is InChI=1S/C13H19F2NO/c1-10-8-12(15)13(9-11(10)14)16-6-4-2-3-5-7-17/h8-9,16-17H,2-7H2,1H3. The second-order valence-corrected chi connectivity index (χ2v) is 4.15. The van der Waals surface area contributed by atoms with Crippen molar-refractivity contribution in [2.75, 3.05) is 18.5 Å². The largest absolute Gasteiger partial charge is 0.396 e. The van der Waals surface area contributed by atoms with Crippen LogP contribution in [0.2, 0.25) is 0 Å². The van der Waals surface area contributed by atoms with Gasteiger partial charge in [0.05, 0.1) is 5.69 Å². The smallest absolute Gasteiger partial charge is 0.146 e. The topological polar surface area (TPSA) is 32.3 Å². The number of aliphatic hydroxyl groups is 1. The summed E-state index contributed by atoms with van der Waals surface area (Å²) in [6.45, 7) is 2.37. The molecule has 0 saturated carbocycles. The summed E-state index contributed by atoms with van der Waals surface area (Å²) in [5, 5.41) is 11.5. The molecule has 0 radical (unpaired) electrons. The summed E-state index contributed by atoms with van der Waals surface area (Å²) in [5.41, 5.74) is 0.534. The summed E-state index contributed by atoms with van der Waals surface area (Å²) in [6.07, 6.45) is 3.62. The van der Waals surface area contributed by atoms with E-state index in [-0.39, 0.29) is 12.3 Å². The lowest BCUT2D eigenvalue weighted by molar-refractivity contribution is 0.283. The van der Waals surface area contributed by atoms with Gasteiger partial charge in [-0.05, 0) is 31.4 Å². The van der Waals surface area contributed by atoms with E-state index >= 15 is 0 Å². The molecule has 0 heterocycles. The average molecular weight is 243 g/mol. The summed E-state index contributed by atoms with van der Waals surface area (Å²) in [5.74, 6) is -0.812. The van der Waals surface area contributed by atoms with Crippen LogP contribution in [-0.2, 0) is 0 Å². The lowest BCUT2D eigenvalue weighted by atomic mass is 10.2. The summed E-state index contributed by atoms with van der Waals surface area (Å²) in [4.78, 5) is 0. The molecule has 0 unspecified atom stereocenters. The predicted molar refractivity (Wildman–Crippen MR) is 65.1 cm³/mol. The van der Waals surface area contributed by atoms with E-state index in [1.807, 2.05) is 0 Å². The van der Waals surface area contributed by atoms with Crippen LogP contribution in [0.5, 0.6) is 0 Å². The van der Waals surface area contributed by atoms with Crippen LogP contribution < -0.4 is 5.32 Å². The van der Waals surface area contributed by atoms with Crippen molar-refractivity contribution >= 4 is 5.69 Å². The maximum Gasteiger partial charge on any atom is 0.146 e. The third-order valence-corrected chi connectivity index (χ3v) is 2.65. The number of aryl methyl sites for hydroxylation is 1. The molecule has 0 atom stereocenters. The molecule has 1 rings (SSSR count). The van der Waals surface area contributed by atoms with Crippen LogP contribution in [0.4, 0.5) is 14.5 Å². The maximum absolute atomic E-state index is 13.4. The number of rotatable bonds is 7. The van der Waals surface area contributed by atoms with E-state index in [9.17, 15) is 8.78 Å². The van der Waals surface area contributed by atoms with E-state index in [1.54, 1.807) is 0 Å². The summed E-state index contributed by atoms with van der Waals surface area (Å²) >= 11 is 0. The number of unbranched alkanes of at least 4 members (excludes halogenated alkanes) is 3. The van der Waals surface area contributed by atoms with Gasteiger partial charge in [-0.25, -0.2) is 8.78 Å². The van der Waals surface area contributed by atoms with Gasteiger partial charge < -0.3 is 10.4 Å². The molecule has 0 aromatic heterocycles. The van der Waals surface area contributed by atoms with Crippen LogP contribution in [0.1, 0.15) is 31.2 Å². The molecule has 0 saturated heterocycles. The Morgan fingerprint density at radius 1 is 1.06 bits per heavy atom. The van der Waals surface area contributed by atoms with Gasteiger partial charge >= 0.3 is 0 Å². The Hall–Kier alpha value is -1.16. The van der Waals surface area contributed by atoms with Crippen molar-refractivity contribution in [1.82, 2.24) is 0 Å². The monoisotopic (exact) mass is 243 g/mol. The molecule has 1 aromatic rings.